The second-order valence-electron chi connectivity index (χ2n) is 7.30. The molecule has 0 radical (unpaired) electrons. The van der Waals surface area contributed by atoms with Crippen molar-refractivity contribution in [3.8, 4) is 0 Å². The summed E-state index contributed by atoms with van der Waals surface area (Å²) in [5.41, 5.74) is 8.61. The Hall–Kier alpha value is -2.25. The Labute approximate surface area is 159 Å². The third-order valence-corrected chi connectivity index (χ3v) is 5.76. The van der Waals surface area contributed by atoms with E-state index in [-0.39, 0.29) is 18.2 Å². The smallest absolute Gasteiger partial charge is 0.255 e. The van der Waals surface area contributed by atoms with Crippen molar-refractivity contribution in [3.05, 3.63) is 34.9 Å². The molecule has 2 aliphatic heterocycles. The maximum absolute atomic E-state index is 12.8. The fourth-order valence-electron chi connectivity index (χ4n) is 4.14. The van der Waals surface area contributed by atoms with Gasteiger partial charge in [0.1, 0.15) is 12.3 Å². The molecule has 3 rings (SSSR count). The first-order valence-electron chi connectivity index (χ1n) is 9.60. The summed E-state index contributed by atoms with van der Waals surface area (Å²) in [7, 11) is 1.55. The number of nitrogens with zero attached hydrogens (tertiary/aromatic N) is 2. The van der Waals surface area contributed by atoms with Gasteiger partial charge in [-0.15, -0.1) is 0 Å². The van der Waals surface area contributed by atoms with Gasteiger partial charge in [0, 0.05) is 32.2 Å². The van der Waals surface area contributed by atoms with Crippen LogP contribution in [-0.4, -0.2) is 60.7 Å². The lowest BCUT2D eigenvalue weighted by atomic mass is 9.88. The van der Waals surface area contributed by atoms with Crippen LogP contribution in [-0.2, 0) is 16.1 Å². The molecule has 27 heavy (non-hydrogen) atoms. The Morgan fingerprint density at radius 1 is 1.37 bits per heavy atom. The van der Waals surface area contributed by atoms with Crippen molar-refractivity contribution in [1.29, 1.82) is 0 Å². The summed E-state index contributed by atoms with van der Waals surface area (Å²) in [5.74, 6) is 0.119. The zero-order valence-corrected chi connectivity index (χ0v) is 15.8. The molecule has 1 fully saturated rings. The number of benzene rings is 1. The van der Waals surface area contributed by atoms with Gasteiger partial charge in [0.05, 0.1) is 0 Å². The minimum absolute atomic E-state index is 0.131. The van der Waals surface area contributed by atoms with E-state index in [0.717, 1.165) is 37.8 Å². The minimum atomic E-state index is -0.614. The maximum atomic E-state index is 12.8. The molecule has 1 aromatic carbocycles. The van der Waals surface area contributed by atoms with Crippen molar-refractivity contribution in [3.63, 3.8) is 0 Å². The molecule has 0 aliphatic carbocycles. The number of nitrogens with one attached hydrogen (secondary N) is 1. The SMILES string of the molecule is CNC(=O)C(CCC=O)N1Cc2cc(C3CCN(CN)CC3)ccc2C1=O. The highest BCUT2D eigenvalue weighted by atomic mass is 16.2. The minimum Gasteiger partial charge on any atom is -0.357 e. The second-order valence-corrected chi connectivity index (χ2v) is 7.30. The zero-order chi connectivity index (χ0) is 19.4. The van der Waals surface area contributed by atoms with Gasteiger partial charge in [-0.1, -0.05) is 12.1 Å². The summed E-state index contributed by atoms with van der Waals surface area (Å²) in [5, 5.41) is 2.61. The fourth-order valence-corrected chi connectivity index (χ4v) is 4.14. The summed E-state index contributed by atoms with van der Waals surface area (Å²) in [4.78, 5) is 39.7. The monoisotopic (exact) mass is 372 g/mol. The van der Waals surface area contributed by atoms with Gasteiger partial charge in [0.15, 0.2) is 0 Å². The van der Waals surface area contributed by atoms with E-state index < -0.39 is 6.04 Å². The van der Waals surface area contributed by atoms with Crippen LogP contribution in [0.2, 0.25) is 0 Å². The van der Waals surface area contributed by atoms with E-state index in [1.165, 1.54) is 5.56 Å². The van der Waals surface area contributed by atoms with Gasteiger partial charge in [-0.3, -0.25) is 14.5 Å². The highest BCUT2D eigenvalue weighted by Crippen LogP contribution is 2.33. The predicted octanol–water partition coefficient (Wildman–Crippen LogP) is 0.832. The lowest BCUT2D eigenvalue weighted by Crippen LogP contribution is -2.46. The Kier molecular flexibility index (Phi) is 6.23. The molecule has 1 saturated heterocycles. The highest BCUT2D eigenvalue weighted by Gasteiger charge is 2.36. The van der Waals surface area contributed by atoms with Gasteiger partial charge in [0.2, 0.25) is 5.91 Å². The number of aldehydes is 1. The first-order valence-corrected chi connectivity index (χ1v) is 9.60. The summed E-state index contributed by atoms with van der Waals surface area (Å²) >= 11 is 0. The number of rotatable bonds is 7. The number of fused-ring (bicyclic) bond motifs is 1. The fraction of sp³-hybridized carbons (Fsp3) is 0.550. The van der Waals surface area contributed by atoms with Gasteiger partial charge in [-0.05, 0) is 55.5 Å². The zero-order valence-electron chi connectivity index (χ0n) is 15.8. The Morgan fingerprint density at radius 2 is 2.11 bits per heavy atom. The average molecular weight is 372 g/mol. The molecule has 1 unspecified atom stereocenters. The molecule has 146 valence electrons. The molecule has 2 aliphatic rings. The van der Waals surface area contributed by atoms with E-state index in [9.17, 15) is 14.4 Å². The molecule has 0 spiro atoms. The second kappa shape index (κ2) is 8.63. The molecular formula is C20H28N4O3. The number of piperidine rings is 1. The van der Waals surface area contributed by atoms with E-state index in [4.69, 9.17) is 5.73 Å². The average Bonchev–Trinajstić information content (AvgIpc) is 3.04. The molecule has 0 aromatic heterocycles. The number of nitrogens with two attached hydrogens (primary N) is 1. The molecule has 3 N–H and O–H groups in total. The summed E-state index contributed by atoms with van der Waals surface area (Å²) in [6.07, 6.45) is 3.51. The van der Waals surface area contributed by atoms with Crippen molar-refractivity contribution < 1.29 is 14.4 Å². The summed E-state index contributed by atoms with van der Waals surface area (Å²) in [6, 6.07) is 5.44. The molecule has 7 nitrogen and oxygen atoms in total. The number of hydrogen-bond donors (Lipinski definition) is 2. The number of carbonyl (C=O) groups excluding carboxylic acids is 3. The van der Waals surface area contributed by atoms with Crippen LogP contribution in [0.1, 0.15) is 53.1 Å². The maximum Gasteiger partial charge on any atom is 0.255 e. The molecule has 0 bridgehead atoms. The van der Waals surface area contributed by atoms with Crippen LogP contribution in [0, 0.1) is 0 Å². The highest BCUT2D eigenvalue weighted by molar-refractivity contribution is 6.01. The van der Waals surface area contributed by atoms with Gasteiger partial charge < -0.3 is 20.7 Å². The van der Waals surface area contributed by atoms with Crippen molar-refractivity contribution in [1.82, 2.24) is 15.1 Å². The van der Waals surface area contributed by atoms with Crippen LogP contribution in [0.3, 0.4) is 0 Å². The van der Waals surface area contributed by atoms with Crippen molar-refractivity contribution in [2.75, 3.05) is 26.8 Å². The van der Waals surface area contributed by atoms with Gasteiger partial charge in [-0.2, -0.15) is 0 Å². The third kappa shape index (κ3) is 4.04. The normalized spacial score (nSPS) is 19.0. The summed E-state index contributed by atoms with van der Waals surface area (Å²) < 4.78 is 0. The van der Waals surface area contributed by atoms with Gasteiger partial charge in [0.25, 0.3) is 5.91 Å². The van der Waals surface area contributed by atoms with Crippen molar-refractivity contribution in [2.24, 2.45) is 5.73 Å². The topological polar surface area (TPSA) is 95.7 Å². The molecule has 2 heterocycles. The third-order valence-electron chi connectivity index (χ3n) is 5.76. The number of likely N-dealkylation sites (N-methyl/N-ethyl adjacent to an activating group) is 1. The van der Waals surface area contributed by atoms with E-state index in [2.05, 4.69) is 16.3 Å². The van der Waals surface area contributed by atoms with Crippen LogP contribution < -0.4 is 11.1 Å². The van der Waals surface area contributed by atoms with E-state index in [1.54, 1.807) is 11.9 Å². The molecule has 1 aromatic rings. The lowest BCUT2D eigenvalue weighted by Gasteiger charge is -2.31. The molecule has 0 saturated carbocycles. The number of carbonyl (C=O) groups is 3. The first-order chi connectivity index (χ1) is 13.1. The van der Waals surface area contributed by atoms with E-state index in [1.807, 2.05) is 12.1 Å². The van der Waals surface area contributed by atoms with E-state index in [0.29, 0.717) is 31.1 Å². The number of likely N-dealkylation sites (tertiary alicyclic amines) is 1. The van der Waals surface area contributed by atoms with Crippen molar-refractivity contribution in [2.45, 2.75) is 44.2 Å². The predicted molar refractivity (Wildman–Crippen MR) is 102 cm³/mol. The van der Waals surface area contributed by atoms with Crippen molar-refractivity contribution >= 4 is 18.1 Å². The molecule has 7 heteroatoms. The number of hydrogen-bond acceptors (Lipinski definition) is 5. The van der Waals surface area contributed by atoms with Crippen LogP contribution in [0.15, 0.2) is 18.2 Å². The lowest BCUT2D eigenvalue weighted by molar-refractivity contribution is -0.125. The molecular weight excluding hydrogens is 344 g/mol. The Morgan fingerprint density at radius 3 is 2.74 bits per heavy atom. The first kappa shape index (κ1) is 19.5. The number of amides is 2. The largest absolute Gasteiger partial charge is 0.357 e. The summed E-state index contributed by atoms with van der Waals surface area (Å²) in [6.45, 7) is 3.00. The van der Waals surface area contributed by atoms with Crippen LogP contribution >= 0.6 is 0 Å². The van der Waals surface area contributed by atoms with Crippen LogP contribution in [0.5, 0.6) is 0 Å². The Bertz CT molecular complexity index is 713. The van der Waals surface area contributed by atoms with Gasteiger partial charge >= 0.3 is 0 Å². The van der Waals surface area contributed by atoms with Gasteiger partial charge in [-0.25, -0.2) is 0 Å². The quantitative estimate of drug-likeness (QED) is 0.691. The van der Waals surface area contributed by atoms with Crippen LogP contribution in [0.4, 0.5) is 0 Å². The Balaban J connectivity index is 1.76. The van der Waals surface area contributed by atoms with Crippen LogP contribution in [0.25, 0.3) is 0 Å². The molecule has 1 atom stereocenters. The van der Waals surface area contributed by atoms with E-state index >= 15 is 0 Å². The standard InChI is InChI=1S/C20H28N4O3/c1-22-19(26)18(3-2-10-25)24-12-16-11-15(4-5-17(16)20(24)27)14-6-8-23(13-21)9-7-14/h4-5,10-11,14,18H,2-3,6-9,12-13,21H2,1H3,(H,22,26). The molecule has 2 amide bonds.